The Bertz CT molecular complexity index is 1520. The fourth-order valence-electron chi connectivity index (χ4n) is 5.75. The molecule has 2 saturated heterocycles. The molecule has 47 heavy (non-hydrogen) atoms. The van der Waals surface area contributed by atoms with Crippen LogP contribution in [-0.2, 0) is 20.8 Å². The highest BCUT2D eigenvalue weighted by atomic mass is 35.5. The molecular weight excluding hydrogens is 643 g/mol. The van der Waals surface area contributed by atoms with E-state index in [1.54, 1.807) is 23.4 Å². The topological polar surface area (TPSA) is 110 Å². The number of anilines is 1. The summed E-state index contributed by atoms with van der Waals surface area (Å²) in [5, 5.41) is 1.03. The molecule has 4 heterocycles. The number of nitrogens with zero attached hydrogens (tertiary/aromatic N) is 6. The lowest BCUT2D eigenvalue weighted by molar-refractivity contribution is -0.142. The molecule has 2 aliphatic rings. The van der Waals surface area contributed by atoms with E-state index in [0.29, 0.717) is 78.4 Å². The zero-order chi connectivity index (χ0) is 33.6. The van der Waals surface area contributed by atoms with Gasteiger partial charge < -0.3 is 24.0 Å². The van der Waals surface area contributed by atoms with Gasteiger partial charge in [-0.1, -0.05) is 23.2 Å². The molecule has 0 spiro atoms. The number of aromatic nitrogens is 3. The number of carbonyl (C=O) groups excluding carboxylic acids is 2. The summed E-state index contributed by atoms with van der Waals surface area (Å²) in [6.45, 7) is 10.5. The number of rotatable bonds is 8. The van der Waals surface area contributed by atoms with Crippen molar-refractivity contribution < 1.29 is 23.8 Å². The van der Waals surface area contributed by atoms with Crippen molar-refractivity contribution in [3.63, 3.8) is 0 Å². The highest BCUT2D eigenvalue weighted by Crippen LogP contribution is 2.31. The second-order valence-electron chi connectivity index (χ2n) is 13.0. The first-order chi connectivity index (χ1) is 22.4. The molecule has 252 valence electrons. The first kappa shape index (κ1) is 34.7. The quantitative estimate of drug-likeness (QED) is 0.233. The average Bonchev–Trinajstić information content (AvgIpc) is 3.28. The Labute approximate surface area is 286 Å². The largest absolute Gasteiger partial charge is 0.469 e. The van der Waals surface area contributed by atoms with Gasteiger partial charge in [0.05, 0.1) is 25.2 Å². The van der Waals surface area contributed by atoms with Crippen LogP contribution in [0.4, 0.5) is 10.7 Å². The Kier molecular flexibility index (Phi) is 11.4. The van der Waals surface area contributed by atoms with Crippen LogP contribution in [0.25, 0.3) is 11.3 Å². The van der Waals surface area contributed by atoms with Crippen molar-refractivity contribution in [2.75, 3.05) is 51.3 Å². The van der Waals surface area contributed by atoms with Gasteiger partial charge in [-0.2, -0.15) is 0 Å². The van der Waals surface area contributed by atoms with Gasteiger partial charge in [-0.05, 0) is 88.9 Å². The predicted octanol–water partition coefficient (Wildman–Crippen LogP) is 6.86. The minimum Gasteiger partial charge on any atom is -0.469 e. The van der Waals surface area contributed by atoms with Crippen molar-refractivity contribution in [3.05, 3.63) is 58.3 Å². The zero-order valence-electron chi connectivity index (χ0n) is 27.4. The van der Waals surface area contributed by atoms with Gasteiger partial charge in [0.2, 0.25) is 11.8 Å². The maximum atomic E-state index is 12.6. The molecule has 1 amide bonds. The van der Waals surface area contributed by atoms with Gasteiger partial charge in [-0.3, -0.25) is 9.69 Å². The van der Waals surface area contributed by atoms with Crippen LogP contribution in [-0.4, -0.2) is 88.8 Å². The van der Waals surface area contributed by atoms with Crippen LogP contribution in [0.15, 0.2) is 42.7 Å². The van der Waals surface area contributed by atoms with Gasteiger partial charge in [0.15, 0.2) is 5.75 Å². The maximum absolute atomic E-state index is 12.6. The molecule has 0 atom stereocenters. The standard InChI is InChI=1S/C34H42Cl2N6O5/c1-34(2,3)47-33(44)42-9-5-8-41(12-13-42)32-37-20-28(21-38-32)46-30-15-24(14-29(39-30)25-17-26(35)19-27(36)18-25)22-40-10-6-23(7-11-40)16-31(43)45-4/h14-15,17-21,23H,5-13,16,22H2,1-4H3. The van der Waals surface area contributed by atoms with Crippen molar-refractivity contribution in [2.45, 2.75) is 58.6 Å². The van der Waals surface area contributed by atoms with E-state index >= 15 is 0 Å². The summed E-state index contributed by atoms with van der Waals surface area (Å²) in [6, 6.07) is 9.28. The monoisotopic (exact) mass is 684 g/mol. The molecule has 1 aromatic carbocycles. The van der Waals surface area contributed by atoms with Crippen LogP contribution in [0.5, 0.6) is 11.6 Å². The smallest absolute Gasteiger partial charge is 0.410 e. The van der Waals surface area contributed by atoms with E-state index in [-0.39, 0.29) is 12.1 Å². The number of methoxy groups -OCH3 is 1. The lowest BCUT2D eigenvalue weighted by Crippen LogP contribution is -2.39. The third-order valence-electron chi connectivity index (χ3n) is 8.08. The van der Waals surface area contributed by atoms with Crippen molar-refractivity contribution in [3.8, 4) is 22.9 Å². The molecule has 2 fully saturated rings. The van der Waals surface area contributed by atoms with Crippen molar-refractivity contribution in [2.24, 2.45) is 5.92 Å². The van der Waals surface area contributed by atoms with Crippen LogP contribution < -0.4 is 9.64 Å². The Morgan fingerprint density at radius 1 is 0.915 bits per heavy atom. The SMILES string of the molecule is COC(=O)CC1CCN(Cc2cc(Oc3cnc(N4CCCN(C(=O)OC(C)(C)C)CC4)nc3)nc(-c3cc(Cl)cc(Cl)c3)c2)CC1. The van der Waals surface area contributed by atoms with Crippen LogP contribution >= 0.6 is 23.2 Å². The van der Waals surface area contributed by atoms with Gasteiger partial charge >= 0.3 is 12.1 Å². The van der Waals surface area contributed by atoms with Gasteiger partial charge in [0.25, 0.3) is 0 Å². The highest BCUT2D eigenvalue weighted by molar-refractivity contribution is 6.35. The summed E-state index contributed by atoms with van der Waals surface area (Å²) in [6.07, 6.45) is 6.06. The molecule has 0 N–H and O–H groups in total. The predicted molar refractivity (Wildman–Crippen MR) is 181 cm³/mol. The van der Waals surface area contributed by atoms with Gasteiger partial charge in [0, 0.05) is 60.8 Å². The second kappa shape index (κ2) is 15.5. The number of carbonyl (C=O) groups is 2. The minimum absolute atomic E-state index is 0.155. The van der Waals surface area contributed by atoms with Crippen LogP contribution in [0.1, 0.15) is 52.0 Å². The van der Waals surface area contributed by atoms with E-state index in [2.05, 4.69) is 19.8 Å². The summed E-state index contributed by atoms with van der Waals surface area (Å²) in [7, 11) is 1.43. The van der Waals surface area contributed by atoms with Crippen LogP contribution in [0, 0.1) is 5.92 Å². The number of halogens is 2. The lowest BCUT2D eigenvalue weighted by Gasteiger charge is -2.31. The second-order valence-corrected chi connectivity index (χ2v) is 13.9. The molecule has 0 aliphatic carbocycles. The summed E-state index contributed by atoms with van der Waals surface area (Å²) < 4.78 is 16.6. The van der Waals surface area contributed by atoms with Crippen molar-refractivity contribution >= 4 is 41.2 Å². The number of benzene rings is 1. The fraction of sp³-hybridized carbons (Fsp3) is 0.500. The minimum atomic E-state index is -0.539. The molecule has 0 unspecified atom stereocenters. The van der Waals surface area contributed by atoms with Crippen LogP contribution in [0.3, 0.4) is 0 Å². The number of pyridine rings is 1. The van der Waals surface area contributed by atoms with E-state index in [9.17, 15) is 9.59 Å². The molecule has 13 heteroatoms. The van der Waals surface area contributed by atoms with E-state index in [1.807, 2.05) is 45.0 Å². The summed E-state index contributed by atoms with van der Waals surface area (Å²) in [4.78, 5) is 44.4. The fourth-order valence-corrected chi connectivity index (χ4v) is 6.28. The Morgan fingerprint density at radius 3 is 2.28 bits per heavy atom. The zero-order valence-corrected chi connectivity index (χ0v) is 28.9. The molecule has 2 aliphatic heterocycles. The molecule has 0 bridgehead atoms. The molecule has 3 aromatic rings. The number of piperidine rings is 1. The molecule has 5 rings (SSSR count). The number of hydrogen-bond acceptors (Lipinski definition) is 10. The molecule has 0 radical (unpaired) electrons. The molecule has 2 aromatic heterocycles. The van der Waals surface area contributed by atoms with E-state index < -0.39 is 5.60 Å². The van der Waals surface area contributed by atoms with Gasteiger partial charge in [0.1, 0.15) is 5.60 Å². The van der Waals surface area contributed by atoms with E-state index in [1.165, 1.54) is 7.11 Å². The maximum Gasteiger partial charge on any atom is 0.410 e. The lowest BCUT2D eigenvalue weighted by atomic mass is 9.93. The first-order valence-corrected chi connectivity index (χ1v) is 16.7. The third-order valence-corrected chi connectivity index (χ3v) is 8.52. The van der Waals surface area contributed by atoms with E-state index in [4.69, 9.17) is 42.4 Å². The summed E-state index contributed by atoms with van der Waals surface area (Å²) >= 11 is 12.7. The number of ether oxygens (including phenoxy) is 3. The number of esters is 1. The first-order valence-electron chi connectivity index (χ1n) is 15.9. The number of hydrogen-bond donors (Lipinski definition) is 0. The Morgan fingerprint density at radius 2 is 1.62 bits per heavy atom. The third kappa shape index (κ3) is 10.2. The molecule has 0 saturated carbocycles. The Hall–Kier alpha value is -3.67. The number of likely N-dealkylation sites (tertiary alicyclic amines) is 1. The van der Waals surface area contributed by atoms with E-state index in [0.717, 1.165) is 43.5 Å². The van der Waals surface area contributed by atoms with Crippen molar-refractivity contribution in [1.82, 2.24) is 24.8 Å². The van der Waals surface area contributed by atoms with Crippen LogP contribution in [0.2, 0.25) is 10.0 Å². The van der Waals surface area contributed by atoms with Crippen molar-refractivity contribution in [1.29, 1.82) is 0 Å². The Balaban J connectivity index is 1.28. The summed E-state index contributed by atoms with van der Waals surface area (Å²) in [5.74, 6) is 1.59. The van der Waals surface area contributed by atoms with Gasteiger partial charge in [-0.25, -0.2) is 19.7 Å². The average molecular weight is 686 g/mol. The number of amides is 1. The van der Waals surface area contributed by atoms with Gasteiger partial charge in [-0.15, -0.1) is 0 Å². The summed E-state index contributed by atoms with van der Waals surface area (Å²) in [5.41, 5.74) is 1.94. The highest BCUT2D eigenvalue weighted by Gasteiger charge is 2.26. The molecular formula is C34H42Cl2N6O5. The normalized spacial score (nSPS) is 16.5. The molecule has 11 nitrogen and oxygen atoms in total.